The molecule has 5 atom stereocenters. The van der Waals surface area contributed by atoms with E-state index in [1.54, 1.807) is 13.4 Å². The van der Waals surface area contributed by atoms with Crippen molar-refractivity contribution in [1.29, 1.82) is 0 Å². The zero-order valence-corrected chi connectivity index (χ0v) is 21.2. The van der Waals surface area contributed by atoms with Gasteiger partial charge in [0.05, 0.1) is 24.7 Å². The lowest BCUT2D eigenvalue weighted by Crippen LogP contribution is -2.39. The number of fused-ring (bicyclic) bond motifs is 1. The van der Waals surface area contributed by atoms with Gasteiger partial charge in [0.2, 0.25) is 0 Å². The third-order valence-electron chi connectivity index (χ3n) is 5.53. The molecule has 0 saturated carbocycles. The quantitative estimate of drug-likeness (QED) is 0.349. The number of imidazole rings is 1. The number of nitrogens with zero attached hydrogens (tertiary/aromatic N) is 5. The predicted octanol–water partition coefficient (Wildman–Crippen LogP) is 4.61. The largest absolute Gasteiger partial charge is 0.374 e. The Labute approximate surface area is 194 Å². The molecule has 10 heteroatoms. The third-order valence-corrected chi connectivity index (χ3v) is 7.66. The van der Waals surface area contributed by atoms with Gasteiger partial charge in [-0.1, -0.05) is 13.3 Å². The van der Waals surface area contributed by atoms with Crippen molar-refractivity contribution >= 4 is 19.7 Å². The molecule has 0 amide bonds. The van der Waals surface area contributed by atoms with Gasteiger partial charge in [0.25, 0.3) is 8.53 Å². The van der Waals surface area contributed by atoms with E-state index in [9.17, 15) is 0 Å². The van der Waals surface area contributed by atoms with Crippen LogP contribution < -0.4 is 0 Å². The Morgan fingerprint density at radius 2 is 1.97 bits per heavy atom. The maximum absolute atomic E-state index is 8.14. The molecule has 9 nitrogen and oxygen atoms in total. The molecule has 0 spiro atoms. The number of ether oxygens (including phenoxy) is 2. The van der Waals surface area contributed by atoms with Gasteiger partial charge in [-0.05, 0) is 47.9 Å². The molecule has 1 fully saturated rings. The SMILES string of the molecule is [2H]CC1OC(n2cnc3c(C)ncnc32)C(OC)C1OP(OCCCC)N(C(C)C)C(C)C. The van der Waals surface area contributed by atoms with E-state index in [4.69, 9.17) is 19.9 Å². The Kier molecular flexibility index (Phi) is 8.43. The van der Waals surface area contributed by atoms with Crippen molar-refractivity contribution in [1.82, 2.24) is 24.2 Å². The number of unbranched alkanes of at least 4 members (excludes halogenated alkanes) is 1. The highest BCUT2D eigenvalue weighted by molar-refractivity contribution is 7.44. The first-order valence-electron chi connectivity index (χ1n) is 12.0. The Morgan fingerprint density at radius 3 is 2.59 bits per heavy atom. The average molecular weight is 469 g/mol. The standard InChI is InChI=1S/C22H38N5O4P/c1-9-10-11-29-32(27(14(2)3)15(4)5)31-19-17(7)30-22(20(19)28-8)26-13-25-18-16(6)23-12-24-21(18)26/h12-15,17,19-20,22H,9-11H2,1-8H3/i7D. The van der Waals surface area contributed by atoms with E-state index in [1.807, 2.05) is 11.5 Å². The second-order valence-corrected chi connectivity index (χ2v) is 10.0. The molecule has 1 aliphatic heterocycles. The van der Waals surface area contributed by atoms with E-state index in [1.165, 1.54) is 6.33 Å². The zero-order chi connectivity index (χ0) is 24.1. The van der Waals surface area contributed by atoms with Crippen molar-refractivity contribution in [2.45, 2.75) is 97.9 Å². The minimum atomic E-state index is -1.37. The van der Waals surface area contributed by atoms with Gasteiger partial charge in [-0.2, -0.15) is 0 Å². The summed E-state index contributed by atoms with van der Waals surface area (Å²) in [6.45, 7) is 13.3. The number of aromatic nitrogens is 4. The summed E-state index contributed by atoms with van der Waals surface area (Å²) in [6.07, 6.45) is 3.32. The molecule has 0 aliphatic carbocycles. The maximum atomic E-state index is 8.14. The topological polar surface area (TPSA) is 83.8 Å². The van der Waals surface area contributed by atoms with Crippen LogP contribution in [0.2, 0.25) is 0 Å². The fraction of sp³-hybridized carbons (Fsp3) is 0.773. The fourth-order valence-electron chi connectivity index (χ4n) is 3.98. The maximum Gasteiger partial charge on any atom is 0.259 e. The highest BCUT2D eigenvalue weighted by Crippen LogP contribution is 2.50. The second-order valence-electron chi connectivity index (χ2n) is 8.61. The van der Waals surface area contributed by atoms with Gasteiger partial charge >= 0.3 is 0 Å². The molecule has 0 N–H and O–H groups in total. The lowest BCUT2D eigenvalue weighted by atomic mass is 10.1. The smallest absolute Gasteiger partial charge is 0.259 e. The zero-order valence-electron chi connectivity index (χ0n) is 21.3. The lowest BCUT2D eigenvalue weighted by Gasteiger charge is -2.38. The molecule has 1 aliphatic rings. The molecular formula is C22H38N5O4P. The van der Waals surface area contributed by atoms with Crippen molar-refractivity contribution < 1.29 is 19.9 Å². The van der Waals surface area contributed by atoms with Crippen LogP contribution in [0.4, 0.5) is 0 Å². The summed E-state index contributed by atoms with van der Waals surface area (Å²) in [4.78, 5) is 13.1. The van der Waals surface area contributed by atoms with E-state index in [2.05, 4.69) is 54.2 Å². The Morgan fingerprint density at radius 1 is 1.22 bits per heavy atom. The van der Waals surface area contributed by atoms with Crippen LogP contribution in [0.3, 0.4) is 0 Å². The van der Waals surface area contributed by atoms with Crippen molar-refractivity contribution in [3.63, 3.8) is 0 Å². The molecule has 1 saturated heterocycles. The first kappa shape index (κ1) is 23.9. The van der Waals surface area contributed by atoms with Gasteiger partial charge in [-0.3, -0.25) is 4.57 Å². The van der Waals surface area contributed by atoms with Gasteiger partial charge in [-0.15, -0.1) is 0 Å². The highest BCUT2D eigenvalue weighted by atomic mass is 31.2. The summed E-state index contributed by atoms with van der Waals surface area (Å²) >= 11 is 0. The molecular weight excluding hydrogens is 429 g/mol. The monoisotopic (exact) mass is 468 g/mol. The van der Waals surface area contributed by atoms with Gasteiger partial charge in [-0.25, -0.2) is 19.6 Å². The summed E-state index contributed by atoms with van der Waals surface area (Å²) in [5, 5.41) is 0. The molecule has 0 aromatic carbocycles. The van der Waals surface area contributed by atoms with Crippen molar-refractivity contribution in [2.24, 2.45) is 0 Å². The van der Waals surface area contributed by atoms with Gasteiger partial charge in [0, 0.05) is 20.6 Å². The van der Waals surface area contributed by atoms with Crippen LogP contribution in [0, 0.1) is 6.92 Å². The van der Waals surface area contributed by atoms with Crippen LogP contribution in [0.25, 0.3) is 11.2 Å². The molecule has 32 heavy (non-hydrogen) atoms. The van der Waals surface area contributed by atoms with Crippen LogP contribution in [-0.2, 0) is 18.5 Å². The molecule has 3 heterocycles. The molecule has 0 radical (unpaired) electrons. The Hall–Kier alpha value is -1.22. The van der Waals surface area contributed by atoms with Crippen LogP contribution in [-0.4, -0.2) is 68.3 Å². The van der Waals surface area contributed by atoms with Crippen LogP contribution >= 0.6 is 8.53 Å². The van der Waals surface area contributed by atoms with E-state index < -0.39 is 33.1 Å². The summed E-state index contributed by atoms with van der Waals surface area (Å²) < 4.78 is 37.4. The predicted molar refractivity (Wildman–Crippen MR) is 125 cm³/mol. The third kappa shape index (κ3) is 5.29. The number of methoxy groups -OCH3 is 1. The van der Waals surface area contributed by atoms with Crippen LogP contribution in [0.15, 0.2) is 12.7 Å². The minimum absolute atomic E-state index is 0.0448. The van der Waals surface area contributed by atoms with Crippen LogP contribution in [0.5, 0.6) is 0 Å². The number of rotatable bonds is 11. The average Bonchev–Trinajstić information content (AvgIpc) is 3.35. The first-order valence-corrected chi connectivity index (χ1v) is 12.5. The van der Waals surface area contributed by atoms with E-state index in [0.717, 1.165) is 24.1 Å². The number of hydrogen-bond acceptors (Lipinski definition) is 8. The summed E-state index contributed by atoms with van der Waals surface area (Å²) in [5.41, 5.74) is 2.19. The summed E-state index contributed by atoms with van der Waals surface area (Å²) in [7, 11) is 0.278. The normalized spacial score (nSPS) is 25.4. The summed E-state index contributed by atoms with van der Waals surface area (Å²) in [6, 6.07) is 0.479. The van der Waals surface area contributed by atoms with E-state index in [0.29, 0.717) is 12.3 Å². The van der Waals surface area contributed by atoms with E-state index >= 15 is 0 Å². The van der Waals surface area contributed by atoms with Gasteiger partial charge in [0.1, 0.15) is 24.1 Å². The molecule has 180 valence electrons. The Balaban J connectivity index is 1.91. The van der Waals surface area contributed by atoms with E-state index in [-0.39, 0.29) is 19.0 Å². The molecule has 5 unspecified atom stereocenters. The van der Waals surface area contributed by atoms with Crippen molar-refractivity contribution in [3.8, 4) is 0 Å². The van der Waals surface area contributed by atoms with Gasteiger partial charge in [0.15, 0.2) is 11.9 Å². The highest BCUT2D eigenvalue weighted by Gasteiger charge is 2.47. The Bertz CT molecular complexity index is 878. The summed E-state index contributed by atoms with van der Waals surface area (Å²) in [5.74, 6) is 0. The molecule has 0 bridgehead atoms. The minimum Gasteiger partial charge on any atom is -0.374 e. The first-order chi connectivity index (χ1) is 15.8. The van der Waals surface area contributed by atoms with Crippen molar-refractivity contribution in [2.75, 3.05) is 13.7 Å². The molecule has 3 rings (SSSR count). The van der Waals surface area contributed by atoms with Gasteiger partial charge < -0.3 is 18.5 Å². The second kappa shape index (κ2) is 11.3. The van der Waals surface area contributed by atoms with Crippen LogP contribution in [0.1, 0.15) is 67.7 Å². The number of aryl methyl sites for hydroxylation is 1. The molecule has 2 aromatic rings. The number of hydrogen-bond donors (Lipinski definition) is 0. The lowest BCUT2D eigenvalue weighted by molar-refractivity contribution is -0.0466. The fourth-order valence-corrected chi connectivity index (χ4v) is 5.79. The molecule has 2 aromatic heterocycles. The van der Waals surface area contributed by atoms with Crippen molar-refractivity contribution in [3.05, 3.63) is 18.3 Å².